The summed E-state index contributed by atoms with van der Waals surface area (Å²) in [6.45, 7) is 0.688. The average Bonchev–Trinajstić information content (AvgIpc) is 2.19. The molecular formula is C5H10ClNO2S. The molecule has 2 aliphatic heterocycles. The average molecular weight is 184 g/mol. The monoisotopic (exact) mass is 183 g/mol. The zero-order chi connectivity index (χ0) is 6.48. The van der Waals surface area contributed by atoms with E-state index in [1.54, 1.807) is 0 Å². The van der Waals surface area contributed by atoms with E-state index in [-0.39, 0.29) is 23.7 Å². The highest BCUT2D eigenvalue weighted by Gasteiger charge is 2.43. The molecular weight excluding hydrogens is 174 g/mol. The third-order valence-electron chi connectivity index (χ3n) is 2.12. The van der Waals surface area contributed by atoms with Crippen LogP contribution in [0.1, 0.15) is 6.42 Å². The van der Waals surface area contributed by atoms with Gasteiger partial charge in [0.2, 0.25) is 0 Å². The summed E-state index contributed by atoms with van der Waals surface area (Å²) in [5.41, 5.74) is 0. The van der Waals surface area contributed by atoms with Gasteiger partial charge in [-0.25, -0.2) is 8.42 Å². The predicted molar refractivity (Wildman–Crippen MR) is 41.2 cm³/mol. The molecule has 2 fully saturated rings. The van der Waals surface area contributed by atoms with Gasteiger partial charge in [0.05, 0.1) is 11.0 Å². The smallest absolute Gasteiger partial charge is 0.155 e. The van der Waals surface area contributed by atoms with Gasteiger partial charge in [0, 0.05) is 12.6 Å². The first kappa shape index (κ1) is 8.30. The Labute approximate surface area is 66.5 Å². The number of rotatable bonds is 0. The summed E-state index contributed by atoms with van der Waals surface area (Å²) in [5.74, 6) is 0.373. The van der Waals surface area contributed by atoms with Crippen molar-refractivity contribution in [1.82, 2.24) is 5.32 Å². The fourth-order valence-corrected chi connectivity index (χ4v) is 3.56. The van der Waals surface area contributed by atoms with Gasteiger partial charge in [-0.2, -0.15) is 0 Å². The first-order valence-electron chi connectivity index (χ1n) is 3.13. The summed E-state index contributed by atoms with van der Waals surface area (Å²) in [5, 5.41) is 3.08. The molecule has 0 aromatic rings. The lowest BCUT2D eigenvalue weighted by molar-refractivity contribution is 0.576. The van der Waals surface area contributed by atoms with E-state index in [0.29, 0.717) is 12.3 Å². The Kier molecular flexibility index (Phi) is 1.96. The molecule has 5 heteroatoms. The van der Waals surface area contributed by atoms with E-state index in [4.69, 9.17) is 0 Å². The van der Waals surface area contributed by atoms with Crippen molar-refractivity contribution in [2.45, 2.75) is 17.7 Å². The lowest BCUT2D eigenvalue weighted by Gasteiger charge is -2.10. The molecule has 0 aromatic carbocycles. The van der Waals surface area contributed by atoms with E-state index in [2.05, 4.69) is 5.32 Å². The third-order valence-corrected chi connectivity index (χ3v) is 4.36. The van der Waals surface area contributed by atoms with Gasteiger partial charge >= 0.3 is 0 Å². The molecule has 2 unspecified atom stereocenters. The van der Waals surface area contributed by atoms with E-state index >= 15 is 0 Å². The van der Waals surface area contributed by atoms with Gasteiger partial charge < -0.3 is 5.32 Å². The highest BCUT2D eigenvalue weighted by Crippen LogP contribution is 2.25. The summed E-state index contributed by atoms with van der Waals surface area (Å²) in [6.07, 6.45) is 0.850. The van der Waals surface area contributed by atoms with Crippen molar-refractivity contribution in [3.8, 4) is 0 Å². The van der Waals surface area contributed by atoms with Crippen LogP contribution in [0.4, 0.5) is 0 Å². The molecule has 60 valence electrons. The van der Waals surface area contributed by atoms with Crippen LogP contribution in [0.15, 0.2) is 0 Å². The minimum Gasteiger partial charge on any atom is -0.312 e. The first-order chi connectivity index (χ1) is 4.18. The maximum atomic E-state index is 11.0. The van der Waals surface area contributed by atoms with Crippen LogP contribution in [0.2, 0.25) is 0 Å². The van der Waals surface area contributed by atoms with Crippen LogP contribution in [-0.2, 0) is 9.84 Å². The van der Waals surface area contributed by atoms with Crippen LogP contribution in [0.25, 0.3) is 0 Å². The Morgan fingerprint density at radius 1 is 1.40 bits per heavy atom. The molecule has 0 aromatic heterocycles. The topological polar surface area (TPSA) is 46.2 Å². The van der Waals surface area contributed by atoms with Crippen LogP contribution >= 0.6 is 12.4 Å². The Hall–Kier alpha value is 0.200. The summed E-state index contributed by atoms with van der Waals surface area (Å²) >= 11 is 0. The predicted octanol–water partition coefficient (Wildman–Crippen LogP) is -0.433. The van der Waals surface area contributed by atoms with Gasteiger partial charge in [0.15, 0.2) is 9.84 Å². The molecule has 1 N–H and O–H groups in total. The molecule has 0 saturated carbocycles. The van der Waals surface area contributed by atoms with Crippen LogP contribution < -0.4 is 5.32 Å². The van der Waals surface area contributed by atoms with Crippen LogP contribution in [0.5, 0.6) is 0 Å². The largest absolute Gasteiger partial charge is 0.312 e. The first-order valence-corrected chi connectivity index (χ1v) is 4.85. The molecule has 2 heterocycles. The third kappa shape index (κ3) is 1.04. The quantitative estimate of drug-likeness (QED) is 0.555. The van der Waals surface area contributed by atoms with Crippen molar-refractivity contribution in [1.29, 1.82) is 0 Å². The van der Waals surface area contributed by atoms with Crippen LogP contribution in [0, 0.1) is 0 Å². The maximum absolute atomic E-state index is 11.0. The van der Waals surface area contributed by atoms with Gasteiger partial charge in [-0.15, -0.1) is 12.4 Å². The molecule has 2 bridgehead atoms. The molecule has 0 aliphatic carbocycles. The summed E-state index contributed by atoms with van der Waals surface area (Å²) in [6, 6.07) is 0.278. The number of halogens is 1. The van der Waals surface area contributed by atoms with E-state index in [9.17, 15) is 8.42 Å². The highest BCUT2D eigenvalue weighted by molar-refractivity contribution is 7.92. The van der Waals surface area contributed by atoms with Gasteiger partial charge in [-0.3, -0.25) is 0 Å². The number of sulfone groups is 1. The van der Waals surface area contributed by atoms with Crippen molar-refractivity contribution in [2.24, 2.45) is 0 Å². The van der Waals surface area contributed by atoms with Crippen molar-refractivity contribution in [2.75, 3.05) is 12.3 Å². The molecule has 2 atom stereocenters. The van der Waals surface area contributed by atoms with E-state index < -0.39 is 9.84 Å². The van der Waals surface area contributed by atoms with Gasteiger partial charge in [0.25, 0.3) is 0 Å². The highest BCUT2D eigenvalue weighted by atomic mass is 35.5. The van der Waals surface area contributed by atoms with Crippen molar-refractivity contribution in [3.63, 3.8) is 0 Å². The van der Waals surface area contributed by atoms with Crippen molar-refractivity contribution in [3.05, 3.63) is 0 Å². The molecule has 2 saturated heterocycles. The second-order valence-corrected chi connectivity index (χ2v) is 5.12. The van der Waals surface area contributed by atoms with Crippen molar-refractivity contribution < 1.29 is 8.42 Å². The molecule has 0 radical (unpaired) electrons. The summed E-state index contributed by atoms with van der Waals surface area (Å²) in [4.78, 5) is 0. The molecule has 2 rings (SSSR count). The minimum atomic E-state index is -2.65. The lowest BCUT2D eigenvalue weighted by Crippen LogP contribution is -2.35. The summed E-state index contributed by atoms with van der Waals surface area (Å²) < 4.78 is 22.0. The van der Waals surface area contributed by atoms with E-state index in [1.165, 1.54) is 0 Å². The molecule has 2 aliphatic rings. The molecule has 0 spiro atoms. The Morgan fingerprint density at radius 3 is 2.30 bits per heavy atom. The lowest BCUT2D eigenvalue weighted by atomic mass is 10.3. The minimum absolute atomic E-state index is 0. The molecule has 3 nitrogen and oxygen atoms in total. The number of hydrogen-bond donors (Lipinski definition) is 1. The van der Waals surface area contributed by atoms with Crippen LogP contribution in [0.3, 0.4) is 0 Å². The zero-order valence-corrected chi connectivity index (χ0v) is 7.04. The Bertz CT molecular complexity index is 226. The van der Waals surface area contributed by atoms with Crippen LogP contribution in [-0.4, -0.2) is 32.0 Å². The van der Waals surface area contributed by atoms with E-state index in [0.717, 1.165) is 6.42 Å². The molecule has 10 heavy (non-hydrogen) atoms. The van der Waals surface area contributed by atoms with Crippen molar-refractivity contribution >= 4 is 22.2 Å². The SMILES string of the molecule is Cl.O=S1(=O)CC2CC1CN2. The Morgan fingerprint density at radius 2 is 2.10 bits per heavy atom. The summed E-state index contributed by atoms with van der Waals surface area (Å²) in [7, 11) is -2.65. The fraction of sp³-hybridized carbons (Fsp3) is 1.00. The maximum Gasteiger partial charge on any atom is 0.155 e. The molecule has 0 amide bonds. The van der Waals surface area contributed by atoms with Gasteiger partial charge in [-0.05, 0) is 6.42 Å². The fourth-order valence-electron chi connectivity index (χ4n) is 1.60. The number of hydrogen-bond acceptors (Lipinski definition) is 3. The standard InChI is InChI=1S/C5H9NO2S.ClH/c7-9(8)3-4-1-5(9)2-6-4;/h4-6H,1-3H2;1H. The Balaban J connectivity index is 0.000000500. The van der Waals surface area contributed by atoms with Gasteiger partial charge in [0.1, 0.15) is 0 Å². The van der Waals surface area contributed by atoms with Gasteiger partial charge in [-0.1, -0.05) is 0 Å². The number of fused-ring (bicyclic) bond motifs is 2. The van der Waals surface area contributed by atoms with E-state index in [1.807, 2.05) is 0 Å². The second kappa shape index (κ2) is 2.36. The zero-order valence-electron chi connectivity index (χ0n) is 5.41. The second-order valence-electron chi connectivity index (χ2n) is 2.79. The number of nitrogens with one attached hydrogen (secondary N) is 1. The normalized spacial score (nSPS) is 41.2.